The van der Waals surface area contributed by atoms with Crippen molar-refractivity contribution in [2.45, 2.75) is 147 Å². The number of hydrogen-bond donors (Lipinski definition) is 5. The zero-order chi connectivity index (χ0) is 44.1. The number of unbranched alkanes of at least 4 members (excludes halogenated alkanes) is 3. The van der Waals surface area contributed by atoms with Crippen LogP contribution in [-0.4, -0.2) is 82.9 Å². The Kier molecular flexibility index (Phi) is 33.3. The molecule has 0 radical (unpaired) electrons. The van der Waals surface area contributed by atoms with Gasteiger partial charge in [0, 0.05) is 31.7 Å². The van der Waals surface area contributed by atoms with Crippen molar-refractivity contribution >= 4 is 19.8 Å². The first kappa shape index (κ1) is 54.8. The highest BCUT2D eigenvalue weighted by Gasteiger charge is 2.39. The molecule has 6 N–H and O–H groups in total. The number of hydrogen-bond acceptors (Lipinski definition) is 11. The highest BCUT2D eigenvalue weighted by Crippen LogP contribution is 2.43. The maximum Gasteiger partial charge on any atom is 0.472 e. The third-order valence-electron chi connectivity index (χ3n) is 9.54. The molecule has 0 amide bonds. The molecule has 340 valence electrons. The highest BCUT2D eigenvalue weighted by atomic mass is 31.2. The van der Waals surface area contributed by atoms with E-state index in [0.717, 1.165) is 57.8 Å². The first-order valence-corrected chi connectivity index (χ1v) is 23.5. The van der Waals surface area contributed by atoms with Crippen molar-refractivity contribution in [1.82, 2.24) is 0 Å². The van der Waals surface area contributed by atoms with Crippen molar-refractivity contribution in [3.8, 4) is 0 Å². The molecule has 12 nitrogen and oxygen atoms in total. The van der Waals surface area contributed by atoms with Gasteiger partial charge >= 0.3 is 19.8 Å². The summed E-state index contributed by atoms with van der Waals surface area (Å²) in [5.74, 6) is -1.55. The lowest BCUT2D eigenvalue weighted by molar-refractivity contribution is -0.161. The summed E-state index contributed by atoms with van der Waals surface area (Å²) in [5, 5.41) is 31.3. The molecule has 1 fully saturated rings. The van der Waals surface area contributed by atoms with Gasteiger partial charge in [0.2, 0.25) is 0 Å². The van der Waals surface area contributed by atoms with Crippen LogP contribution in [0.3, 0.4) is 0 Å². The summed E-state index contributed by atoms with van der Waals surface area (Å²) < 4.78 is 32.7. The first-order valence-electron chi connectivity index (χ1n) is 22.0. The van der Waals surface area contributed by atoms with Crippen LogP contribution in [0.1, 0.15) is 123 Å². The zero-order valence-corrected chi connectivity index (χ0v) is 37.1. The highest BCUT2D eigenvalue weighted by molar-refractivity contribution is 7.47. The molecule has 1 unspecified atom stereocenters. The van der Waals surface area contributed by atoms with Gasteiger partial charge in [0.1, 0.15) is 6.61 Å². The molecule has 60 heavy (non-hydrogen) atoms. The number of ether oxygens (including phenoxy) is 2. The lowest BCUT2D eigenvalue weighted by atomic mass is 9.89. The number of carbonyl (C=O) groups excluding carboxylic acids is 2. The van der Waals surface area contributed by atoms with Gasteiger partial charge in [0.05, 0.1) is 31.5 Å². The van der Waals surface area contributed by atoms with Gasteiger partial charge in [-0.15, -0.1) is 0 Å². The Hall–Kier alpha value is -3.19. The second kappa shape index (κ2) is 36.5. The van der Waals surface area contributed by atoms with Crippen LogP contribution in [-0.2, 0) is 32.7 Å². The van der Waals surface area contributed by atoms with Crippen LogP contribution in [0.2, 0.25) is 0 Å². The van der Waals surface area contributed by atoms with E-state index < -0.39 is 50.8 Å². The fourth-order valence-electron chi connectivity index (χ4n) is 6.24. The number of nitrogens with two attached hydrogens (primary N) is 1. The molecule has 0 spiro atoms. The number of phosphoric ester groups is 1. The number of esters is 2. The number of allylic oxidation sites excluding steroid dienone is 14. The summed E-state index contributed by atoms with van der Waals surface area (Å²) in [6.45, 7) is 3.12. The molecule has 0 saturated heterocycles. The molecule has 1 rings (SSSR count). The number of aliphatic hydroxyl groups excluding tert-OH is 3. The summed E-state index contributed by atoms with van der Waals surface area (Å²) in [6, 6.07) is 0. The Morgan fingerprint density at radius 2 is 1.33 bits per heavy atom. The quantitative estimate of drug-likeness (QED) is 0.0176. The number of aliphatic hydroxyl groups is 3. The summed E-state index contributed by atoms with van der Waals surface area (Å²) >= 11 is 0. The molecule has 0 bridgehead atoms. The molecule has 0 aromatic rings. The second-order valence-corrected chi connectivity index (χ2v) is 16.2. The largest absolute Gasteiger partial charge is 0.472 e. The van der Waals surface area contributed by atoms with E-state index in [2.05, 4.69) is 74.6 Å². The van der Waals surface area contributed by atoms with Crippen LogP contribution in [0, 0.1) is 11.8 Å². The van der Waals surface area contributed by atoms with Crippen molar-refractivity contribution in [3.63, 3.8) is 0 Å². The minimum atomic E-state index is -4.47. The average molecular weight is 862 g/mol. The SMILES string of the molecule is CC/C=C\C/C=C\C/C=C\C/C=C\C/C=C\C/C=C\CCC(=O)O[C@H](COC(=O)CCC/C=C/C[C@@H]1[C@@H](/C=C/[C@@H](O)CCCCC)[C@H](O)C[C@@H]1O)COP(=O)(O)OCCN. The Morgan fingerprint density at radius 3 is 1.93 bits per heavy atom. The topological polar surface area (TPSA) is 195 Å². The van der Waals surface area contributed by atoms with E-state index in [4.69, 9.17) is 24.3 Å². The van der Waals surface area contributed by atoms with Crippen molar-refractivity contribution in [1.29, 1.82) is 0 Å². The van der Waals surface area contributed by atoms with E-state index in [1.807, 2.05) is 30.4 Å². The van der Waals surface area contributed by atoms with Crippen LogP contribution in [0.5, 0.6) is 0 Å². The summed E-state index contributed by atoms with van der Waals surface area (Å²) in [5.41, 5.74) is 5.34. The Labute approximate surface area is 360 Å². The average Bonchev–Trinajstić information content (AvgIpc) is 3.49. The third kappa shape index (κ3) is 29.9. The maximum absolute atomic E-state index is 12.6. The van der Waals surface area contributed by atoms with E-state index in [0.29, 0.717) is 32.1 Å². The molecular formula is C47H76NO11P. The maximum atomic E-state index is 12.6. The van der Waals surface area contributed by atoms with Crippen LogP contribution >= 0.6 is 7.82 Å². The number of phosphoric acid groups is 1. The van der Waals surface area contributed by atoms with Gasteiger partial charge in [-0.2, -0.15) is 0 Å². The van der Waals surface area contributed by atoms with Crippen LogP contribution in [0.4, 0.5) is 0 Å². The Bertz CT molecular complexity index is 1420. The summed E-state index contributed by atoms with van der Waals surface area (Å²) in [6.07, 6.45) is 41.2. The number of carbonyl (C=O) groups is 2. The van der Waals surface area contributed by atoms with E-state index in [9.17, 15) is 34.4 Å². The molecule has 1 saturated carbocycles. The molecule has 0 heterocycles. The molecule has 1 aliphatic rings. The minimum absolute atomic E-state index is 0.00150. The van der Waals surface area contributed by atoms with Crippen LogP contribution in [0.25, 0.3) is 0 Å². The van der Waals surface area contributed by atoms with Gasteiger partial charge in [0.15, 0.2) is 6.10 Å². The number of rotatable bonds is 35. The summed E-state index contributed by atoms with van der Waals surface area (Å²) in [4.78, 5) is 35.0. The zero-order valence-electron chi connectivity index (χ0n) is 36.2. The Balaban J connectivity index is 2.46. The molecule has 0 aromatic heterocycles. The Morgan fingerprint density at radius 1 is 0.733 bits per heavy atom. The van der Waals surface area contributed by atoms with E-state index in [1.54, 1.807) is 6.08 Å². The van der Waals surface area contributed by atoms with E-state index >= 15 is 0 Å². The van der Waals surface area contributed by atoms with Gasteiger partial charge in [-0.1, -0.05) is 130 Å². The fourth-order valence-corrected chi connectivity index (χ4v) is 7.01. The lowest BCUT2D eigenvalue weighted by Crippen LogP contribution is -2.29. The van der Waals surface area contributed by atoms with E-state index in [1.165, 1.54) is 0 Å². The van der Waals surface area contributed by atoms with Crippen LogP contribution < -0.4 is 5.73 Å². The van der Waals surface area contributed by atoms with Gasteiger partial charge in [-0.05, 0) is 76.5 Å². The predicted molar refractivity (Wildman–Crippen MR) is 240 cm³/mol. The molecule has 13 heteroatoms. The third-order valence-corrected chi connectivity index (χ3v) is 10.5. The molecule has 0 aromatic carbocycles. The minimum Gasteiger partial charge on any atom is -0.462 e. The van der Waals surface area contributed by atoms with Crippen molar-refractivity contribution < 1.29 is 52.9 Å². The van der Waals surface area contributed by atoms with Gasteiger partial charge < -0.3 is 35.4 Å². The van der Waals surface area contributed by atoms with Crippen LogP contribution in [0.15, 0.2) is 97.2 Å². The predicted octanol–water partition coefficient (Wildman–Crippen LogP) is 8.98. The van der Waals surface area contributed by atoms with Gasteiger partial charge in [-0.25, -0.2) is 4.57 Å². The standard InChI is InChI=1S/C47H76NO11P/c1-3-5-7-8-9-10-11-12-13-14-15-16-17-18-19-20-21-22-28-32-47(53)59-41(39-58-60(54,55)57-36-35-48)38-56-46(52)31-27-24-23-26-30-42-43(45(51)37-44(42)50)34-33-40(49)29-25-6-4-2/h5,7,9-10,12-13,15-16,18-19,21-23,26,33-34,40-45,49-51H,3-4,6,8,11,14,17,20,24-25,27-32,35-39,48H2,1-2H3,(H,54,55)/b7-5-,10-9-,13-12-,16-15-,19-18-,22-21-,26-23+,34-33+/t40-,41+,42+,43+,44-,45+/m0/s1. The summed E-state index contributed by atoms with van der Waals surface area (Å²) in [7, 11) is -4.47. The van der Waals surface area contributed by atoms with E-state index in [-0.39, 0.29) is 50.9 Å². The van der Waals surface area contributed by atoms with Gasteiger partial charge in [-0.3, -0.25) is 18.6 Å². The van der Waals surface area contributed by atoms with Crippen molar-refractivity contribution in [3.05, 3.63) is 97.2 Å². The monoisotopic (exact) mass is 862 g/mol. The molecule has 7 atom stereocenters. The first-order chi connectivity index (χ1) is 29.0. The fraction of sp³-hybridized carbons (Fsp3) is 0.617. The van der Waals surface area contributed by atoms with Crippen molar-refractivity contribution in [2.24, 2.45) is 17.6 Å². The smallest absolute Gasteiger partial charge is 0.462 e. The normalized spacial score (nSPS) is 21.0. The molecular weight excluding hydrogens is 785 g/mol. The van der Waals surface area contributed by atoms with Gasteiger partial charge in [0.25, 0.3) is 0 Å². The lowest BCUT2D eigenvalue weighted by Gasteiger charge is -2.20. The second-order valence-electron chi connectivity index (χ2n) is 14.8. The molecule has 0 aliphatic heterocycles. The van der Waals surface area contributed by atoms with Crippen molar-refractivity contribution in [2.75, 3.05) is 26.4 Å². The molecule has 1 aliphatic carbocycles.